The van der Waals surface area contributed by atoms with E-state index in [4.69, 9.17) is 0 Å². The van der Waals surface area contributed by atoms with Crippen molar-refractivity contribution in [1.82, 2.24) is 25.3 Å². The lowest BCUT2D eigenvalue weighted by Crippen LogP contribution is -2.45. The Morgan fingerprint density at radius 3 is 2.70 bits per heavy atom. The van der Waals surface area contributed by atoms with Gasteiger partial charge in [-0.15, -0.1) is 5.92 Å². The van der Waals surface area contributed by atoms with E-state index in [-0.39, 0.29) is 41.2 Å². The maximum Gasteiger partial charge on any atom is 0.271 e. The Balaban J connectivity index is 2.08. The first-order chi connectivity index (χ1) is 12.8. The maximum absolute atomic E-state index is 12.5. The average molecular weight is 373 g/mol. The molecule has 8 heteroatoms. The quantitative estimate of drug-likeness (QED) is 0.702. The van der Waals surface area contributed by atoms with Crippen LogP contribution in [0.25, 0.3) is 0 Å². The molecule has 0 radical (unpaired) electrons. The van der Waals surface area contributed by atoms with Crippen LogP contribution in [0.3, 0.4) is 0 Å². The van der Waals surface area contributed by atoms with Gasteiger partial charge in [-0.2, -0.15) is 5.10 Å². The van der Waals surface area contributed by atoms with Crippen LogP contribution in [0.2, 0.25) is 0 Å². The molecule has 0 aliphatic carbocycles. The van der Waals surface area contributed by atoms with Crippen LogP contribution in [0.1, 0.15) is 44.1 Å². The summed E-state index contributed by atoms with van der Waals surface area (Å²) in [6.45, 7) is 6.82. The number of rotatable bonds is 5. The number of likely N-dealkylation sites (tertiary alicyclic amines) is 1. The number of hydrogen-bond acceptors (Lipinski definition) is 5. The SMILES string of the molecule is CCC#CCN1C[C@H](NC(=O)c2ccc(=O)n(C)n2)C[C@H]1C(=O)NC(C)C. The van der Waals surface area contributed by atoms with Gasteiger partial charge in [0.2, 0.25) is 5.91 Å². The second-order valence-electron chi connectivity index (χ2n) is 6.90. The van der Waals surface area contributed by atoms with Crippen molar-refractivity contribution < 1.29 is 9.59 Å². The minimum atomic E-state index is -0.361. The van der Waals surface area contributed by atoms with Gasteiger partial charge in [-0.05, 0) is 26.3 Å². The first-order valence-corrected chi connectivity index (χ1v) is 9.17. The molecule has 2 N–H and O–H groups in total. The highest BCUT2D eigenvalue weighted by molar-refractivity contribution is 5.92. The molecule has 2 rings (SSSR count). The van der Waals surface area contributed by atoms with E-state index in [0.717, 1.165) is 11.1 Å². The predicted molar refractivity (Wildman–Crippen MR) is 102 cm³/mol. The average Bonchev–Trinajstić information content (AvgIpc) is 2.99. The molecular weight excluding hydrogens is 346 g/mol. The Hall–Kier alpha value is -2.66. The van der Waals surface area contributed by atoms with Crippen molar-refractivity contribution in [3.63, 3.8) is 0 Å². The molecule has 2 amide bonds. The van der Waals surface area contributed by atoms with Crippen LogP contribution in [-0.4, -0.2) is 57.7 Å². The van der Waals surface area contributed by atoms with E-state index in [9.17, 15) is 14.4 Å². The molecule has 0 spiro atoms. The van der Waals surface area contributed by atoms with Crippen LogP contribution in [0.15, 0.2) is 16.9 Å². The lowest BCUT2D eigenvalue weighted by atomic mass is 10.1. The molecule has 0 aromatic carbocycles. The van der Waals surface area contributed by atoms with Crippen LogP contribution < -0.4 is 16.2 Å². The molecule has 0 bridgehead atoms. The second kappa shape index (κ2) is 9.33. The van der Waals surface area contributed by atoms with Crippen LogP contribution >= 0.6 is 0 Å². The van der Waals surface area contributed by atoms with Gasteiger partial charge < -0.3 is 10.6 Å². The molecule has 1 fully saturated rings. The zero-order valence-electron chi connectivity index (χ0n) is 16.3. The van der Waals surface area contributed by atoms with Crippen LogP contribution in [0, 0.1) is 11.8 Å². The second-order valence-corrected chi connectivity index (χ2v) is 6.90. The van der Waals surface area contributed by atoms with Gasteiger partial charge >= 0.3 is 0 Å². The Labute approximate surface area is 159 Å². The third-order valence-corrected chi connectivity index (χ3v) is 4.25. The Morgan fingerprint density at radius 2 is 2.07 bits per heavy atom. The molecule has 1 aromatic rings. The monoisotopic (exact) mass is 373 g/mol. The van der Waals surface area contributed by atoms with E-state index in [1.807, 2.05) is 25.7 Å². The molecule has 2 heterocycles. The summed E-state index contributed by atoms with van der Waals surface area (Å²) in [5, 5.41) is 9.81. The standard InChI is InChI=1S/C19H27N5O3/c1-5-6-7-10-24-12-14(11-16(24)19(27)20-13(2)3)21-18(26)15-8-9-17(25)23(4)22-15/h8-9,13-14,16H,5,10-12H2,1-4H3,(H,20,27)(H,21,26)/t14-,16+/m1/s1. The van der Waals surface area contributed by atoms with Crippen molar-refractivity contribution >= 4 is 11.8 Å². The number of carbonyl (C=O) groups excluding carboxylic acids is 2. The highest BCUT2D eigenvalue weighted by Gasteiger charge is 2.37. The highest BCUT2D eigenvalue weighted by atomic mass is 16.2. The summed E-state index contributed by atoms with van der Waals surface area (Å²) in [4.78, 5) is 38.4. The number of aryl methyl sites for hydroxylation is 1. The van der Waals surface area contributed by atoms with E-state index in [2.05, 4.69) is 27.6 Å². The Kier molecular flexibility index (Phi) is 7.13. The van der Waals surface area contributed by atoms with Gasteiger partial charge in [-0.1, -0.05) is 12.8 Å². The van der Waals surface area contributed by atoms with Crippen molar-refractivity contribution in [2.45, 2.75) is 51.7 Å². The highest BCUT2D eigenvalue weighted by Crippen LogP contribution is 2.18. The van der Waals surface area contributed by atoms with Crippen molar-refractivity contribution in [2.75, 3.05) is 13.1 Å². The summed E-state index contributed by atoms with van der Waals surface area (Å²) < 4.78 is 1.12. The lowest BCUT2D eigenvalue weighted by Gasteiger charge is -2.22. The van der Waals surface area contributed by atoms with E-state index in [1.54, 1.807) is 0 Å². The fourth-order valence-electron chi connectivity index (χ4n) is 3.00. The molecule has 0 saturated carbocycles. The molecule has 146 valence electrons. The van der Waals surface area contributed by atoms with Gasteiger partial charge in [0, 0.05) is 38.2 Å². The van der Waals surface area contributed by atoms with Gasteiger partial charge in [-0.25, -0.2) is 4.68 Å². The van der Waals surface area contributed by atoms with Crippen LogP contribution in [0.4, 0.5) is 0 Å². The van der Waals surface area contributed by atoms with Gasteiger partial charge in [0.15, 0.2) is 0 Å². The van der Waals surface area contributed by atoms with Gasteiger partial charge in [0.25, 0.3) is 11.5 Å². The third kappa shape index (κ3) is 5.66. The Morgan fingerprint density at radius 1 is 1.33 bits per heavy atom. The van der Waals surface area contributed by atoms with Crippen molar-refractivity contribution in [2.24, 2.45) is 7.05 Å². The number of nitrogens with one attached hydrogen (secondary N) is 2. The zero-order valence-corrected chi connectivity index (χ0v) is 16.3. The maximum atomic E-state index is 12.5. The van der Waals surface area contributed by atoms with E-state index in [1.165, 1.54) is 19.2 Å². The van der Waals surface area contributed by atoms with Crippen LogP contribution in [-0.2, 0) is 11.8 Å². The van der Waals surface area contributed by atoms with Gasteiger partial charge in [-0.3, -0.25) is 19.3 Å². The summed E-state index contributed by atoms with van der Waals surface area (Å²) in [5.74, 6) is 5.67. The molecule has 1 aromatic heterocycles. The summed E-state index contributed by atoms with van der Waals surface area (Å²) in [6.07, 6.45) is 1.26. The molecule has 1 aliphatic heterocycles. The van der Waals surface area contributed by atoms with Crippen molar-refractivity contribution in [3.05, 3.63) is 28.2 Å². The molecule has 1 aliphatic rings. The largest absolute Gasteiger partial charge is 0.353 e. The Bertz CT molecular complexity index is 806. The molecule has 27 heavy (non-hydrogen) atoms. The lowest BCUT2D eigenvalue weighted by molar-refractivity contribution is -0.125. The zero-order chi connectivity index (χ0) is 20.0. The molecule has 2 atom stereocenters. The number of carbonyl (C=O) groups is 2. The first-order valence-electron chi connectivity index (χ1n) is 9.17. The normalized spacial score (nSPS) is 19.4. The molecular formula is C19H27N5O3. The summed E-state index contributed by atoms with van der Waals surface area (Å²) >= 11 is 0. The number of hydrogen-bond donors (Lipinski definition) is 2. The van der Waals surface area contributed by atoms with E-state index < -0.39 is 0 Å². The minimum Gasteiger partial charge on any atom is -0.353 e. The number of aromatic nitrogens is 2. The van der Waals surface area contributed by atoms with Crippen molar-refractivity contribution in [3.8, 4) is 11.8 Å². The summed E-state index contributed by atoms with van der Waals surface area (Å²) in [7, 11) is 1.50. The first kappa shape index (κ1) is 20.6. The molecule has 8 nitrogen and oxygen atoms in total. The fraction of sp³-hybridized carbons (Fsp3) is 0.579. The van der Waals surface area contributed by atoms with Crippen molar-refractivity contribution in [1.29, 1.82) is 0 Å². The minimum absolute atomic E-state index is 0.0459. The van der Waals surface area contributed by atoms with E-state index >= 15 is 0 Å². The van der Waals surface area contributed by atoms with Crippen LogP contribution in [0.5, 0.6) is 0 Å². The molecule has 1 saturated heterocycles. The van der Waals surface area contributed by atoms with Gasteiger partial charge in [0.05, 0.1) is 12.6 Å². The molecule has 0 unspecified atom stereocenters. The summed E-state index contributed by atoms with van der Waals surface area (Å²) in [6, 6.07) is 2.23. The fourth-order valence-corrected chi connectivity index (χ4v) is 3.00. The van der Waals surface area contributed by atoms with Gasteiger partial charge in [0.1, 0.15) is 5.69 Å². The third-order valence-electron chi connectivity index (χ3n) is 4.25. The predicted octanol–water partition coefficient (Wildman–Crippen LogP) is -0.109. The number of amides is 2. The topological polar surface area (TPSA) is 96.3 Å². The smallest absolute Gasteiger partial charge is 0.271 e. The van der Waals surface area contributed by atoms with E-state index in [0.29, 0.717) is 19.5 Å². The number of nitrogens with zero attached hydrogens (tertiary/aromatic N) is 3. The summed E-state index contributed by atoms with van der Waals surface area (Å²) in [5.41, 5.74) is -0.108.